The smallest absolute Gasteiger partial charge is 0.237 e. The summed E-state index contributed by atoms with van der Waals surface area (Å²) in [7, 11) is 0. The van der Waals surface area contributed by atoms with Gasteiger partial charge in [-0.05, 0) is 35.8 Å². The fourth-order valence-corrected chi connectivity index (χ4v) is 4.60. The van der Waals surface area contributed by atoms with E-state index in [-0.39, 0.29) is 24.3 Å². The van der Waals surface area contributed by atoms with Crippen molar-refractivity contribution in [1.29, 1.82) is 0 Å². The van der Waals surface area contributed by atoms with Crippen molar-refractivity contribution in [3.8, 4) is 0 Å². The number of carbonyl (C=O) groups excluding carboxylic acids is 2. The highest BCUT2D eigenvalue weighted by molar-refractivity contribution is 5.89. The molecule has 0 bridgehead atoms. The van der Waals surface area contributed by atoms with E-state index in [1.54, 1.807) is 0 Å². The second-order valence-electron chi connectivity index (χ2n) is 9.17. The third-order valence-corrected chi connectivity index (χ3v) is 5.76. The van der Waals surface area contributed by atoms with Crippen molar-refractivity contribution in [2.45, 2.75) is 59.0 Å². The number of nitrogens with zero attached hydrogens (tertiary/aromatic N) is 2. The van der Waals surface area contributed by atoms with E-state index in [1.165, 1.54) is 11.1 Å². The van der Waals surface area contributed by atoms with Crippen LogP contribution in [-0.4, -0.2) is 59.9 Å². The Bertz CT molecular complexity index is 666. The Morgan fingerprint density at radius 2 is 1.68 bits per heavy atom. The molecule has 1 heterocycles. The zero-order valence-electron chi connectivity index (χ0n) is 17.8. The SMILES string of the molecule is CC(C)CN(CC(C)C)C(=O)C[C@H]1C(=O)NCCN1C1Cc2ccccc2C1. The molecule has 1 N–H and O–H groups in total. The molecule has 5 heteroatoms. The van der Waals surface area contributed by atoms with E-state index in [1.807, 2.05) is 4.90 Å². The van der Waals surface area contributed by atoms with Crippen molar-refractivity contribution in [1.82, 2.24) is 15.1 Å². The molecule has 0 unspecified atom stereocenters. The minimum Gasteiger partial charge on any atom is -0.353 e. The highest BCUT2D eigenvalue weighted by Gasteiger charge is 2.38. The van der Waals surface area contributed by atoms with Gasteiger partial charge in [0, 0.05) is 32.2 Å². The number of hydrogen-bond acceptors (Lipinski definition) is 3. The van der Waals surface area contributed by atoms with Crippen LogP contribution in [0.15, 0.2) is 24.3 Å². The van der Waals surface area contributed by atoms with Gasteiger partial charge < -0.3 is 10.2 Å². The molecule has 0 aromatic heterocycles. The number of rotatable bonds is 7. The molecule has 28 heavy (non-hydrogen) atoms. The molecule has 2 aliphatic rings. The summed E-state index contributed by atoms with van der Waals surface area (Å²) in [4.78, 5) is 30.1. The molecule has 5 nitrogen and oxygen atoms in total. The molecule has 1 aromatic rings. The van der Waals surface area contributed by atoms with Crippen molar-refractivity contribution in [3.63, 3.8) is 0 Å². The number of carbonyl (C=O) groups is 2. The quantitative estimate of drug-likeness (QED) is 0.785. The second kappa shape index (κ2) is 9.08. The lowest BCUT2D eigenvalue weighted by Crippen LogP contribution is -2.60. The zero-order chi connectivity index (χ0) is 20.3. The Morgan fingerprint density at radius 3 is 2.21 bits per heavy atom. The average molecular weight is 386 g/mol. The van der Waals surface area contributed by atoms with Crippen molar-refractivity contribution in [3.05, 3.63) is 35.4 Å². The van der Waals surface area contributed by atoms with Crippen molar-refractivity contribution in [2.75, 3.05) is 26.2 Å². The van der Waals surface area contributed by atoms with Crippen LogP contribution in [0.2, 0.25) is 0 Å². The van der Waals surface area contributed by atoms with E-state index < -0.39 is 0 Å². The summed E-state index contributed by atoms with van der Waals surface area (Å²) < 4.78 is 0. The van der Waals surface area contributed by atoms with E-state index >= 15 is 0 Å². The van der Waals surface area contributed by atoms with Crippen LogP contribution in [0.3, 0.4) is 0 Å². The molecule has 2 amide bonds. The van der Waals surface area contributed by atoms with Crippen LogP contribution in [0.1, 0.15) is 45.2 Å². The van der Waals surface area contributed by atoms with E-state index in [2.05, 4.69) is 62.2 Å². The van der Waals surface area contributed by atoms with Crippen LogP contribution < -0.4 is 5.32 Å². The van der Waals surface area contributed by atoms with E-state index in [4.69, 9.17) is 0 Å². The number of fused-ring (bicyclic) bond motifs is 1. The topological polar surface area (TPSA) is 52.7 Å². The van der Waals surface area contributed by atoms with Gasteiger partial charge >= 0.3 is 0 Å². The van der Waals surface area contributed by atoms with Gasteiger partial charge in [-0.3, -0.25) is 14.5 Å². The van der Waals surface area contributed by atoms with Crippen LogP contribution >= 0.6 is 0 Å². The first-order chi connectivity index (χ1) is 13.3. The molecular formula is C23H35N3O2. The highest BCUT2D eigenvalue weighted by Crippen LogP contribution is 2.28. The van der Waals surface area contributed by atoms with Crippen molar-refractivity contribution in [2.24, 2.45) is 11.8 Å². The molecule has 1 aromatic carbocycles. The van der Waals surface area contributed by atoms with Crippen molar-refractivity contribution < 1.29 is 9.59 Å². The number of piperazine rings is 1. The van der Waals surface area contributed by atoms with Gasteiger partial charge in [0.2, 0.25) is 11.8 Å². The lowest BCUT2D eigenvalue weighted by molar-refractivity contribution is -0.140. The normalized spacial score (nSPS) is 20.5. The lowest BCUT2D eigenvalue weighted by Gasteiger charge is -2.39. The minimum absolute atomic E-state index is 0.00426. The fraction of sp³-hybridized carbons (Fsp3) is 0.652. The summed E-state index contributed by atoms with van der Waals surface area (Å²) >= 11 is 0. The number of nitrogens with one attached hydrogen (secondary N) is 1. The first-order valence-electron chi connectivity index (χ1n) is 10.7. The maximum absolute atomic E-state index is 13.1. The highest BCUT2D eigenvalue weighted by atomic mass is 16.2. The van der Waals surface area contributed by atoms with Gasteiger partial charge in [0.15, 0.2) is 0 Å². The third-order valence-electron chi connectivity index (χ3n) is 5.76. The van der Waals surface area contributed by atoms with Crippen LogP contribution in [0.25, 0.3) is 0 Å². The zero-order valence-corrected chi connectivity index (χ0v) is 17.8. The van der Waals surface area contributed by atoms with E-state index in [0.717, 1.165) is 32.5 Å². The van der Waals surface area contributed by atoms with Gasteiger partial charge in [-0.25, -0.2) is 0 Å². The molecule has 1 atom stereocenters. The largest absolute Gasteiger partial charge is 0.353 e. The summed E-state index contributed by atoms with van der Waals surface area (Å²) in [5, 5.41) is 2.98. The van der Waals surface area contributed by atoms with Gasteiger partial charge in [0.25, 0.3) is 0 Å². The molecule has 1 aliphatic carbocycles. The summed E-state index contributed by atoms with van der Waals surface area (Å²) in [6, 6.07) is 8.49. The Morgan fingerprint density at radius 1 is 1.11 bits per heavy atom. The van der Waals surface area contributed by atoms with Gasteiger partial charge in [-0.1, -0.05) is 52.0 Å². The number of benzene rings is 1. The maximum Gasteiger partial charge on any atom is 0.237 e. The molecule has 0 saturated carbocycles. The van der Waals surface area contributed by atoms with E-state index in [0.29, 0.717) is 24.4 Å². The summed E-state index contributed by atoms with van der Waals surface area (Å²) in [5.41, 5.74) is 2.76. The minimum atomic E-state index is -0.359. The molecule has 0 spiro atoms. The predicted molar refractivity (Wildman–Crippen MR) is 112 cm³/mol. The molecular weight excluding hydrogens is 350 g/mol. The first-order valence-corrected chi connectivity index (χ1v) is 10.7. The monoisotopic (exact) mass is 385 g/mol. The van der Waals surface area contributed by atoms with Crippen LogP contribution in [0.5, 0.6) is 0 Å². The molecule has 0 radical (unpaired) electrons. The Labute approximate surface area is 169 Å². The van der Waals surface area contributed by atoms with Crippen LogP contribution in [0.4, 0.5) is 0 Å². The number of hydrogen-bond donors (Lipinski definition) is 1. The van der Waals surface area contributed by atoms with Crippen LogP contribution in [-0.2, 0) is 22.4 Å². The summed E-state index contributed by atoms with van der Waals surface area (Å²) in [6.07, 6.45) is 2.21. The third kappa shape index (κ3) is 4.93. The predicted octanol–water partition coefficient (Wildman–Crippen LogP) is 2.48. The Hall–Kier alpha value is -1.88. The Kier molecular flexibility index (Phi) is 6.76. The molecule has 1 aliphatic heterocycles. The summed E-state index contributed by atoms with van der Waals surface area (Å²) in [5.74, 6) is 0.946. The van der Waals surface area contributed by atoms with E-state index in [9.17, 15) is 9.59 Å². The maximum atomic E-state index is 13.1. The Balaban J connectivity index is 1.72. The summed E-state index contributed by atoms with van der Waals surface area (Å²) in [6.45, 7) is 11.5. The van der Waals surface area contributed by atoms with Crippen molar-refractivity contribution >= 4 is 11.8 Å². The van der Waals surface area contributed by atoms with Gasteiger partial charge in [0.1, 0.15) is 0 Å². The lowest BCUT2D eigenvalue weighted by atomic mass is 10.0. The van der Waals surface area contributed by atoms with Gasteiger partial charge in [0.05, 0.1) is 12.5 Å². The van der Waals surface area contributed by atoms with Crippen LogP contribution in [0, 0.1) is 11.8 Å². The molecule has 154 valence electrons. The second-order valence-corrected chi connectivity index (χ2v) is 9.17. The molecule has 1 saturated heterocycles. The molecule has 1 fully saturated rings. The fourth-order valence-electron chi connectivity index (χ4n) is 4.60. The standard InChI is InChI=1S/C23H35N3O2/c1-16(2)14-25(15-17(3)4)22(27)13-21-23(28)24-9-10-26(21)20-11-18-7-5-6-8-19(18)12-20/h5-8,16-17,20-21H,9-15H2,1-4H3,(H,24,28)/t21-/m0/s1. The number of amides is 2. The van der Waals surface area contributed by atoms with Gasteiger partial charge in [-0.2, -0.15) is 0 Å². The van der Waals surface area contributed by atoms with Gasteiger partial charge in [-0.15, -0.1) is 0 Å². The molecule has 3 rings (SSSR count). The average Bonchev–Trinajstić information content (AvgIpc) is 3.06. The first kappa shape index (κ1) is 20.8.